The number of aromatic nitrogens is 2. The fourth-order valence-corrected chi connectivity index (χ4v) is 2.98. The first-order valence-electron chi connectivity index (χ1n) is 7.45. The summed E-state index contributed by atoms with van der Waals surface area (Å²) in [6.45, 7) is 1.91. The minimum absolute atomic E-state index is 0.00151. The zero-order valence-electron chi connectivity index (χ0n) is 12.9. The van der Waals surface area contributed by atoms with Crippen LogP contribution in [-0.4, -0.2) is 44.5 Å². The Balaban J connectivity index is 1.88. The number of nitrogens with zero attached hydrogens (tertiary/aromatic N) is 3. The average molecular weight is 339 g/mol. The summed E-state index contributed by atoms with van der Waals surface area (Å²) in [7, 11) is 0. The number of hydrogen-bond acceptors (Lipinski definition) is 3. The van der Waals surface area contributed by atoms with Crippen molar-refractivity contribution in [2.24, 2.45) is 0 Å². The summed E-state index contributed by atoms with van der Waals surface area (Å²) in [4.78, 5) is 12.9. The number of hydrogen-bond donors (Lipinski definition) is 1. The van der Waals surface area contributed by atoms with Crippen molar-refractivity contribution in [3.63, 3.8) is 0 Å². The summed E-state index contributed by atoms with van der Waals surface area (Å²) in [6, 6.07) is 9.37. The number of carbonyl (C=O) groups excluding carboxylic acids is 1. The van der Waals surface area contributed by atoms with Crippen LogP contribution >= 0.6 is 0 Å². The van der Waals surface area contributed by atoms with Gasteiger partial charge in [0.1, 0.15) is 0 Å². The largest absolute Gasteiger partial charge is 0.423 e. The highest BCUT2D eigenvalue weighted by Gasteiger charge is 2.46. The van der Waals surface area contributed by atoms with E-state index in [0.29, 0.717) is 5.56 Å². The predicted octanol–water partition coefficient (Wildman–Crippen LogP) is 2.24. The lowest BCUT2D eigenvalue weighted by Gasteiger charge is -2.33. The smallest absolute Gasteiger partial charge is 0.376 e. The van der Waals surface area contributed by atoms with Crippen molar-refractivity contribution in [3.8, 4) is 5.69 Å². The molecule has 1 N–H and O–H groups in total. The molecule has 2 heterocycles. The summed E-state index contributed by atoms with van der Waals surface area (Å²) in [5.41, 5.74) is 2.40. The maximum absolute atomic E-state index is 12.6. The normalized spacial score (nSPS) is 19.0. The van der Waals surface area contributed by atoms with E-state index in [-0.39, 0.29) is 19.0 Å². The molecule has 0 fully saturated rings. The van der Waals surface area contributed by atoms with Crippen LogP contribution in [-0.2, 0) is 11.3 Å². The first kappa shape index (κ1) is 16.5. The summed E-state index contributed by atoms with van der Waals surface area (Å²) in [5, 5.41) is 13.5. The van der Waals surface area contributed by atoms with Crippen molar-refractivity contribution >= 4 is 5.91 Å². The lowest BCUT2D eigenvalue weighted by atomic mass is 9.97. The van der Waals surface area contributed by atoms with E-state index in [4.69, 9.17) is 0 Å². The first-order valence-corrected chi connectivity index (χ1v) is 7.45. The Labute approximate surface area is 136 Å². The van der Waals surface area contributed by atoms with Crippen LogP contribution in [0.1, 0.15) is 24.1 Å². The van der Waals surface area contributed by atoms with Crippen molar-refractivity contribution in [1.82, 2.24) is 14.7 Å². The van der Waals surface area contributed by atoms with E-state index in [1.807, 2.05) is 37.3 Å². The van der Waals surface area contributed by atoms with Crippen LogP contribution in [0.25, 0.3) is 5.69 Å². The number of rotatable bonds is 2. The minimum Gasteiger partial charge on any atom is -0.376 e. The fraction of sp³-hybridized carbons (Fsp3) is 0.375. The van der Waals surface area contributed by atoms with E-state index in [0.717, 1.165) is 16.3 Å². The second-order valence-electron chi connectivity index (χ2n) is 5.87. The molecule has 0 aliphatic carbocycles. The molecule has 0 saturated carbocycles. The second-order valence-corrected chi connectivity index (χ2v) is 5.87. The van der Waals surface area contributed by atoms with Gasteiger partial charge in [-0.25, -0.2) is 4.68 Å². The molecule has 2 aromatic rings. The first-order chi connectivity index (χ1) is 11.3. The Morgan fingerprint density at radius 1 is 1.33 bits per heavy atom. The monoisotopic (exact) mass is 339 g/mol. The molecule has 0 bridgehead atoms. The third-order valence-corrected chi connectivity index (χ3v) is 4.06. The molecule has 5 nitrogen and oxygen atoms in total. The molecule has 1 amide bonds. The van der Waals surface area contributed by atoms with Crippen LogP contribution in [0.4, 0.5) is 13.2 Å². The molecule has 1 aliphatic heterocycles. The van der Waals surface area contributed by atoms with E-state index in [1.165, 1.54) is 0 Å². The Hall–Kier alpha value is -2.35. The van der Waals surface area contributed by atoms with Gasteiger partial charge in [-0.15, -0.1) is 0 Å². The number of halogens is 3. The maximum atomic E-state index is 12.6. The average Bonchev–Trinajstić information content (AvgIpc) is 2.98. The van der Waals surface area contributed by atoms with Gasteiger partial charge >= 0.3 is 6.18 Å². The molecular weight excluding hydrogens is 323 g/mol. The van der Waals surface area contributed by atoms with Crippen molar-refractivity contribution in [3.05, 3.63) is 47.8 Å². The Kier molecular flexibility index (Phi) is 4.08. The Morgan fingerprint density at radius 3 is 2.62 bits per heavy atom. The van der Waals surface area contributed by atoms with Crippen molar-refractivity contribution in [2.75, 3.05) is 6.54 Å². The molecule has 1 aromatic carbocycles. The number of benzene rings is 1. The third kappa shape index (κ3) is 2.89. The minimum atomic E-state index is -4.96. The van der Waals surface area contributed by atoms with E-state index < -0.39 is 18.2 Å². The molecule has 128 valence electrons. The van der Waals surface area contributed by atoms with Gasteiger partial charge in [0.25, 0.3) is 5.91 Å². The van der Waals surface area contributed by atoms with E-state index >= 15 is 0 Å². The quantitative estimate of drug-likeness (QED) is 0.913. The lowest BCUT2D eigenvalue weighted by molar-refractivity contribution is -0.211. The van der Waals surface area contributed by atoms with Gasteiger partial charge in [-0.2, -0.15) is 18.3 Å². The van der Waals surface area contributed by atoms with Crippen molar-refractivity contribution in [1.29, 1.82) is 0 Å². The topological polar surface area (TPSA) is 58.4 Å². The van der Waals surface area contributed by atoms with Gasteiger partial charge in [-0.3, -0.25) is 4.79 Å². The van der Waals surface area contributed by atoms with Gasteiger partial charge in [-0.1, -0.05) is 25.1 Å². The number of para-hydroxylation sites is 1. The molecule has 1 unspecified atom stereocenters. The zero-order chi connectivity index (χ0) is 17.5. The van der Waals surface area contributed by atoms with Gasteiger partial charge in [0.2, 0.25) is 6.10 Å². The number of alkyl halides is 3. The van der Waals surface area contributed by atoms with E-state index in [2.05, 4.69) is 5.10 Å². The summed E-state index contributed by atoms with van der Waals surface area (Å²) in [5.74, 6) is -1.53. The third-order valence-electron chi connectivity index (χ3n) is 4.06. The van der Waals surface area contributed by atoms with Gasteiger partial charge < -0.3 is 10.0 Å². The molecule has 0 radical (unpaired) electrons. The van der Waals surface area contributed by atoms with Crippen molar-refractivity contribution in [2.45, 2.75) is 31.7 Å². The fourth-order valence-electron chi connectivity index (χ4n) is 2.98. The maximum Gasteiger partial charge on any atom is 0.423 e. The Bertz CT molecular complexity index is 743. The van der Waals surface area contributed by atoms with Gasteiger partial charge in [-0.05, 0) is 12.1 Å². The second kappa shape index (κ2) is 5.94. The molecule has 2 atom stereocenters. The van der Waals surface area contributed by atoms with Crippen LogP contribution in [0.3, 0.4) is 0 Å². The Morgan fingerprint density at radius 2 is 2.00 bits per heavy atom. The number of amides is 1. The number of fused-ring (bicyclic) bond motifs is 1. The molecule has 8 heteroatoms. The number of aliphatic hydroxyl groups excluding tert-OH is 1. The van der Waals surface area contributed by atoms with E-state index in [1.54, 1.807) is 10.9 Å². The highest BCUT2D eigenvalue weighted by molar-refractivity contribution is 5.81. The van der Waals surface area contributed by atoms with Crippen LogP contribution in [0.5, 0.6) is 0 Å². The van der Waals surface area contributed by atoms with E-state index in [9.17, 15) is 23.1 Å². The predicted molar refractivity (Wildman–Crippen MR) is 79.5 cm³/mol. The highest BCUT2D eigenvalue weighted by atomic mass is 19.4. The van der Waals surface area contributed by atoms with Crippen LogP contribution in [0, 0.1) is 0 Å². The van der Waals surface area contributed by atoms with Crippen LogP contribution in [0.15, 0.2) is 36.5 Å². The molecule has 3 rings (SSSR count). The molecule has 0 saturated heterocycles. The standard InChI is InChI=1S/C16H16F3N3O2/c1-10-8-21(15(24)14(23)16(17,18)19)9-11-7-20-22(13(10)11)12-5-3-2-4-6-12/h2-7,10,14,23H,8-9H2,1H3/t10-,14?/m1/s1. The molecule has 24 heavy (non-hydrogen) atoms. The highest BCUT2D eigenvalue weighted by Crippen LogP contribution is 2.31. The number of carbonyl (C=O) groups is 1. The lowest BCUT2D eigenvalue weighted by Crippen LogP contribution is -2.48. The van der Waals surface area contributed by atoms with Gasteiger partial charge in [0.15, 0.2) is 0 Å². The zero-order valence-corrected chi connectivity index (χ0v) is 12.9. The molecule has 1 aromatic heterocycles. The summed E-state index contributed by atoms with van der Waals surface area (Å²) < 4.78 is 39.4. The number of aliphatic hydroxyl groups is 1. The SMILES string of the molecule is C[C@@H]1CN(C(=O)C(O)C(F)(F)F)Cc2cnn(-c3ccccc3)c21. The van der Waals surface area contributed by atoms with Gasteiger partial charge in [0.05, 0.1) is 17.6 Å². The van der Waals surface area contributed by atoms with Gasteiger partial charge in [0, 0.05) is 24.6 Å². The summed E-state index contributed by atoms with van der Waals surface area (Å²) in [6.07, 6.45) is -6.40. The van der Waals surface area contributed by atoms with Crippen LogP contribution < -0.4 is 0 Å². The molecular formula is C16H16F3N3O2. The molecule has 1 aliphatic rings. The van der Waals surface area contributed by atoms with Crippen LogP contribution in [0.2, 0.25) is 0 Å². The van der Waals surface area contributed by atoms with Crippen molar-refractivity contribution < 1.29 is 23.1 Å². The molecule has 0 spiro atoms. The summed E-state index contributed by atoms with van der Waals surface area (Å²) >= 11 is 0.